The molecule has 2 aromatic heterocycles. The number of sulfonamides is 1. The number of amides is 1. The standard InChI is InChI=1S/C20H20FN7O4S/c1-20(2)18(29)27-17-15(32-20)7-13(8-23-17)25-16-14(21)9-24-19(28-16)26-12-5-3-4-11(6-12)10-33(22,30)31/h3-5,7-10H,6H2,1-2H3,(H2,22,30,31)(H,23,27,29)(H2,24,25,26,28). The molecule has 0 fully saturated rings. The molecule has 33 heavy (non-hydrogen) atoms. The molecule has 2 aliphatic rings. The SMILES string of the molecule is CC1(C)Oc2cc(Nc3nc(NC4=CC=CC(=CS(N)(=O)=O)C4)ncc3F)cnc2NC1=O. The fourth-order valence-electron chi connectivity index (χ4n) is 3.06. The molecule has 0 atom stereocenters. The van der Waals surface area contributed by atoms with E-state index in [0.29, 0.717) is 22.7 Å². The molecule has 13 heteroatoms. The molecule has 5 N–H and O–H groups in total. The van der Waals surface area contributed by atoms with Crippen molar-refractivity contribution in [3.8, 4) is 5.75 Å². The van der Waals surface area contributed by atoms with E-state index < -0.39 is 21.4 Å². The highest BCUT2D eigenvalue weighted by molar-refractivity contribution is 7.92. The maximum Gasteiger partial charge on any atom is 0.269 e. The molecule has 4 rings (SSSR count). The number of pyridine rings is 1. The van der Waals surface area contributed by atoms with Crippen LogP contribution in [0.4, 0.5) is 27.7 Å². The Kier molecular flexibility index (Phi) is 5.59. The Labute approximate surface area is 188 Å². The zero-order chi connectivity index (χ0) is 23.8. The summed E-state index contributed by atoms with van der Waals surface area (Å²) in [6.45, 7) is 3.23. The summed E-state index contributed by atoms with van der Waals surface area (Å²) in [5.41, 5.74) is 0.357. The largest absolute Gasteiger partial charge is 0.474 e. The van der Waals surface area contributed by atoms with Gasteiger partial charge in [-0.05, 0) is 25.5 Å². The van der Waals surface area contributed by atoms with Crippen molar-refractivity contribution in [3.63, 3.8) is 0 Å². The zero-order valence-electron chi connectivity index (χ0n) is 17.6. The summed E-state index contributed by atoms with van der Waals surface area (Å²) in [6, 6.07) is 1.57. The van der Waals surface area contributed by atoms with E-state index in [9.17, 15) is 17.6 Å². The maximum absolute atomic E-state index is 14.4. The third-order valence-electron chi connectivity index (χ3n) is 4.59. The molecule has 0 bridgehead atoms. The van der Waals surface area contributed by atoms with Gasteiger partial charge in [0.15, 0.2) is 28.8 Å². The fraction of sp³-hybridized carbons (Fsp3) is 0.200. The van der Waals surface area contributed by atoms with Gasteiger partial charge in [-0.2, -0.15) is 4.98 Å². The predicted molar refractivity (Wildman–Crippen MR) is 119 cm³/mol. The molecule has 0 spiro atoms. The van der Waals surface area contributed by atoms with E-state index in [0.717, 1.165) is 11.6 Å². The average Bonchev–Trinajstić information content (AvgIpc) is 2.70. The maximum atomic E-state index is 14.4. The van der Waals surface area contributed by atoms with Crippen LogP contribution in [0.3, 0.4) is 0 Å². The monoisotopic (exact) mass is 473 g/mol. The highest BCUT2D eigenvalue weighted by Gasteiger charge is 2.36. The third kappa shape index (κ3) is 5.32. The number of nitrogens with two attached hydrogens (primary N) is 1. The Balaban J connectivity index is 1.52. The number of nitrogens with one attached hydrogen (secondary N) is 3. The smallest absolute Gasteiger partial charge is 0.269 e. The quantitative estimate of drug-likeness (QED) is 0.510. The van der Waals surface area contributed by atoms with Gasteiger partial charge < -0.3 is 20.7 Å². The molecule has 0 saturated carbocycles. The first kappa shape index (κ1) is 22.4. The van der Waals surface area contributed by atoms with Crippen molar-refractivity contribution in [2.75, 3.05) is 16.0 Å². The van der Waals surface area contributed by atoms with E-state index >= 15 is 0 Å². The van der Waals surface area contributed by atoms with Crippen LogP contribution in [0, 0.1) is 5.82 Å². The molecule has 172 valence electrons. The second-order valence-electron chi connectivity index (χ2n) is 7.79. The predicted octanol–water partition coefficient (Wildman–Crippen LogP) is 2.29. The van der Waals surface area contributed by atoms with Crippen LogP contribution in [-0.4, -0.2) is 34.9 Å². The van der Waals surface area contributed by atoms with Crippen LogP contribution < -0.4 is 25.8 Å². The molecule has 11 nitrogen and oxygen atoms in total. The van der Waals surface area contributed by atoms with E-state index in [-0.39, 0.29) is 29.9 Å². The van der Waals surface area contributed by atoms with Gasteiger partial charge in [-0.3, -0.25) is 4.79 Å². The first-order valence-corrected chi connectivity index (χ1v) is 11.3. The van der Waals surface area contributed by atoms with Gasteiger partial charge in [-0.15, -0.1) is 0 Å². The number of ether oxygens (including phenoxy) is 1. The van der Waals surface area contributed by atoms with E-state index in [1.54, 1.807) is 38.1 Å². The van der Waals surface area contributed by atoms with Gasteiger partial charge in [0.05, 0.1) is 18.1 Å². The van der Waals surface area contributed by atoms with Crippen LogP contribution >= 0.6 is 0 Å². The first-order valence-electron chi connectivity index (χ1n) is 9.66. The van der Waals surface area contributed by atoms with Crippen LogP contribution in [0.1, 0.15) is 20.3 Å². The summed E-state index contributed by atoms with van der Waals surface area (Å²) in [4.78, 5) is 24.2. The van der Waals surface area contributed by atoms with Gasteiger partial charge in [-0.1, -0.05) is 12.2 Å². The van der Waals surface area contributed by atoms with E-state index in [2.05, 4.69) is 30.9 Å². The van der Waals surface area contributed by atoms with Gasteiger partial charge in [0.2, 0.25) is 16.0 Å². The highest BCUT2D eigenvalue weighted by Crippen LogP contribution is 2.34. The number of carbonyl (C=O) groups excluding carboxylic acids is 1. The summed E-state index contributed by atoms with van der Waals surface area (Å²) in [6.07, 6.45) is 7.59. The van der Waals surface area contributed by atoms with Crippen molar-refractivity contribution < 1.29 is 22.3 Å². The molecule has 0 saturated heterocycles. The summed E-state index contributed by atoms with van der Waals surface area (Å²) < 4.78 is 42.6. The number of halogens is 1. The third-order valence-corrected chi connectivity index (χ3v) is 5.23. The lowest BCUT2D eigenvalue weighted by molar-refractivity contribution is -0.129. The number of allylic oxidation sites excluding steroid dienone is 4. The van der Waals surface area contributed by atoms with Gasteiger partial charge >= 0.3 is 0 Å². The van der Waals surface area contributed by atoms with Gasteiger partial charge in [0, 0.05) is 23.6 Å². The number of carbonyl (C=O) groups is 1. The number of fused-ring (bicyclic) bond motifs is 1. The van der Waals surface area contributed by atoms with Crippen molar-refractivity contribution in [1.29, 1.82) is 0 Å². The van der Waals surface area contributed by atoms with Crippen molar-refractivity contribution in [2.24, 2.45) is 5.14 Å². The Hall–Kier alpha value is -3.84. The molecule has 1 aliphatic heterocycles. The molecule has 0 unspecified atom stereocenters. The molecule has 0 radical (unpaired) electrons. The van der Waals surface area contributed by atoms with E-state index in [4.69, 9.17) is 9.88 Å². The van der Waals surface area contributed by atoms with Crippen molar-refractivity contribution in [3.05, 3.63) is 59.2 Å². The normalized spacial score (nSPS) is 18.1. The number of aromatic nitrogens is 3. The average molecular weight is 473 g/mol. The number of rotatable bonds is 5. The van der Waals surface area contributed by atoms with Crippen molar-refractivity contribution in [1.82, 2.24) is 15.0 Å². The molecule has 2 aromatic rings. The molecule has 1 aliphatic carbocycles. The van der Waals surface area contributed by atoms with Crippen LogP contribution in [-0.2, 0) is 14.8 Å². The minimum Gasteiger partial charge on any atom is -0.474 e. The van der Waals surface area contributed by atoms with E-state index in [1.807, 2.05) is 0 Å². The number of nitrogens with zero attached hydrogens (tertiary/aromatic N) is 3. The molecular weight excluding hydrogens is 453 g/mol. The fourth-order valence-corrected chi connectivity index (χ4v) is 3.65. The van der Waals surface area contributed by atoms with Crippen LogP contribution in [0.2, 0.25) is 0 Å². The van der Waals surface area contributed by atoms with Gasteiger partial charge in [0.1, 0.15) is 0 Å². The van der Waals surface area contributed by atoms with Gasteiger partial charge in [0.25, 0.3) is 5.91 Å². The highest BCUT2D eigenvalue weighted by atomic mass is 32.2. The van der Waals surface area contributed by atoms with Crippen LogP contribution in [0.15, 0.2) is 53.4 Å². The number of primary sulfonamides is 1. The number of hydrogen-bond acceptors (Lipinski definition) is 9. The van der Waals surface area contributed by atoms with Gasteiger partial charge in [-0.25, -0.2) is 27.9 Å². The minimum atomic E-state index is -3.78. The Morgan fingerprint density at radius 3 is 2.82 bits per heavy atom. The number of hydrogen-bond donors (Lipinski definition) is 4. The zero-order valence-corrected chi connectivity index (χ0v) is 18.4. The second-order valence-corrected chi connectivity index (χ2v) is 9.20. The molecule has 1 amide bonds. The Bertz CT molecular complexity index is 1340. The van der Waals surface area contributed by atoms with Crippen LogP contribution in [0.25, 0.3) is 0 Å². The lowest BCUT2D eigenvalue weighted by Crippen LogP contribution is -2.45. The Morgan fingerprint density at radius 1 is 1.27 bits per heavy atom. The molecule has 3 heterocycles. The van der Waals surface area contributed by atoms with Crippen molar-refractivity contribution >= 4 is 39.2 Å². The lowest BCUT2D eigenvalue weighted by Gasteiger charge is -2.30. The number of anilines is 4. The second kappa shape index (κ2) is 8.26. The first-order chi connectivity index (χ1) is 15.5. The van der Waals surface area contributed by atoms with Crippen LogP contribution in [0.5, 0.6) is 5.75 Å². The minimum absolute atomic E-state index is 0.0889. The van der Waals surface area contributed by atoms with E-state index in [1.165, 1.54) is 6.20 Å². The topological polar surface area (TPSA) is 161 Å². The molecular formula is C20H20FN7O4S. The lowest BCUT2D eigenvalue weighted by atomic mass is 10.1. The Morgan fingerprint density at radius 2 is 2.06 bits per heavy atom. The summed E-state index contributed by atoms with van der Waals surface area (Å²) in [5, 5.41) is 14.4. The van der Waals surface area contributed by atoms with Crippen molar-refractivity contribution in [2.45, 2.75) is 25.9 Å². The summed E-state index contributed by atoms with van der Waals surface area (Å²) in [5.74, 6) is -0.483. The molecule has 0 aromatic carbocycles. The summed E-state index contributed by atoms with van der Waals surface area (Å²) >= 11 is 0. The summed E-state index contributed by atoms with van der Waals surface area (Å²) in [7, 11) is -3.78.